The third kappa shape index (κ3) is 3.52. The van der Waals surface area contributed by atoms with E-state index in [-0.39, 0.29) is 0 Å². The summed E-state index contributed by atoms with van der Waals surface area (Å²) < 4.78 is 0. The molecule has 0 aliphatic heterocycles. The molecule has 94 valence electrons. The standard InChI is InChI=1S/C15H16ClNS/c1-11-3-2-4-12(7-11)10-18-15-8-14(16)6-5-13(15)9-17/h2-8H,9-10,17H2,1H3. The molecule has 0 spiro atoms. The molecule has 2 aromatic carbocycles. The first kappa shape index (κ1) is 13.5. The van der Waals surface area contributed by atoms with Gasteiger partial charge in [-0.3, -0.25) is 0 Å². The second kappa shape index (κ2) is 6.28. The Bertz CT molecular complexity index is 540. The molecule has 0 amide bonds. The summed E-state index contributed by atoms with van der Waals surface area (Å²) in [5.41, 5.74) is 9.50. The van der Waals surface area contributed by atoms with Crippen molar-refractivity contribution >= 4 is 23.4 Å². The molecule has 0 heterocycles. The van der Waals surface area contributed by atoms with Crippen LogP contribution < -0.4 is 5.73 Å². The first-order valence-electron chi connectivity index (χ1n) is 5.86. The Hall–Kier alpha value is -0.960. The Morgan fingerprint density at radius 1 is 1.17 bits per heavy atom. The Morgan fingerprint density at radius 2 is 2.00 bits per heavy atom. The van der Waals surface area contributed by atoms with Gasteiger partial charge in [-0.05, 0) is 30.2 Å². The summed E-state index contributed by atoms with van der Waals surface area (Å²) in [4.78, 5) is 1.17. The van der Waals surface area contributed by atoms with Gasteiger partial charge in [0.25, 0.3) is 0 Å². The molecule has 0 aliphatic carbocycles. The maximum Gasteiger partial charge on any atom is 0.0417 e. The summed E-state index contributed by atoms with van der Waals surface area (Å²) in [5, 5.41) is 0.763. The largest absolute Gasteiger partial charge is 0.326 e. The Kier molecular flexibility index (Phi) is 4.70. The van der Waals surface area contributed by atoms with E-state index in [4.69, 9.17) is 17.3 Å². The van der Waals surface area contributed by atoms with Crippen LogP contribution in [-0.2, 0) is 12.3 Å². The Balaban J connectivity index is 2.12. The van der Waals surface area contributed by atoms with Crippen LogP contribution >= 0.6 is 23.4 Å². The second-order valence-electron chi connectivity index (χ2n) is 4.23. The van der Waals surface area contributed by atoms with E-state index in [0.29, 0.717) is 6.54 Å². The molecule has 0 aromatic heterocycles. The van der Waals surface area contributed by atoms with Crippen molar-refractivity contribution in [1.29, 1.82) is 0 Å². The number of hydrogen-bond donors (Lipinski definition) is 1. The fourth-order valence-corrected chi connectivity index (χ4v) is 3.08. The van der Waals surface area contributed by atoms with Crippen molar-refractivity contribution in [3.8, 4) is 0 Å². The highest BCUT2D eigenvalue weighted by Gasteiger charge is 2.03. The van der Waals surface area contributed by atoms with Gasteiger partial charge < -0.3 is 5.73 Å². The van der Waals surface area contributed by atoms with E-state index in [1.54, 1.807) is 11.8 Å². The topological polar surface area (TPSA) is 26.0 Å². The molecule has 0 saturated carbocycles. The predicted molar refractivity (Wildman–Crippen MR) is 80.1 cm³/mol. The highest BCUT2D eigenvalue weighted by Crippen LogP contribution is 2.29. The van der Waals surface area contributed by atoms with Crippen LogP contribution in [0.3, 0.4) is 0 Å². The van der Waals surface area contributed by atoms with Gasteiger partial charge in [0.1, 0.15) is 0 Å². The average molecular weight is 278 g/mol. The predicted octanol–water partition coefficient (Wildman–Crippen LogP) is 4.40. The van der Waals surface area contributed by atoms with Crippen LogP contribution in [0.2, 0.25) is 5.02 Å². The summed E-state index contributed by atoms with van der Waals surface area (Å²) >= 11 is 7.81. The van der Waals surface area contributed by atoms with E-state index < -0.39 is 0 Å². The molecule has 0 fully saturated rings. The van der Waals surface area contributed by atoms with Crippen molar-refractivity contribution in [2.75, 3.05) is 0 Å². The molecule has 18 heavy (non-hydrogen) atoms. The van der Waals surface area contributed by atoms with E-state index >= 15 is 0 Å². The molecular formula is C15H16ClNS. The number of halogens is 1. The van der Waals surface area contributed by atoms with Crippen LogP contribution in [0.1, 0.15) is 16.7 Å². The lowest BCUT2D eigenvalue weighted by Crippen LogP contribution is -1.98. The fraction of sp³-hybridized carbons (Fsp3) is 0.200. The first-order chi connectivity index (χ1) is 8.69. The third-order valence-corrected chi connectivity index (χ3v) is 4.13. The zero-order valence-electron chi connectivity index (χ0n) is 10.3. The number of aryl methyl sites for hydroxylation is 1. The molecule has 3 heteroatoms. The molecule has 0 unspecified atom stereocenters. The zero-order valence-corrected chi connectivity index (χ0v) is 11.9. The second-order valence-corrected chi connectivity index (χ2v) is 5.69. The van der Waals surface area contributed by atoms with E-state index in [1.807, 2.05) is 18.2 Å². The normalized spacial score (nSPS) is 10.6. The molecule has 2 N–H and O–H groups in total. The van der Waals surface area contributed by atoms with Gasteiger partial charge in [-0.15, -0.1) is 11.8 Å². The monoisotopic (exact) mass is 277 g/mol. The highest BCUT2D eigenvalue weighted by molar-refractivity contribution is 7.98. The fourth-order valence-electron chi connectivity index (χ4n) is 1.79. The summed E-state index contributed by atoms with van der Waals surface area (Å²) in [6.07, 6.45) is 0. The lowest BCUT2D eigenvalue weighted by molar-refractivity contribution is 1.03. The summed E-state index contributed by atoms with van der Waals surface area (Å²) in [5.74, 6) is 0.940. The van der Waals surface area contributed by atoms with Gasteiger partial charge in [0.15, 0.2) is 0 Å². The molecule has 1 nitrogen and oxygen atoms in total. The lowest BCUT2D eigenvalue weighted by Gasteiger charge is -2.08. The summed E-state index contributed by atoms with van der Waals surface area (Å²) in [6.45, 7) is 2.66. The van der Waals surface area contributed by atoms with Gasteiger partial charge >= 0.3 is 0 Å². The van der Waals surface area contributed by atoms with E-state index in [9.17, 15) is 0 Å². The van der Waals surface area contributed by atoms with Gasteiger partial charge in [0.2, 0.25) is 0 Å². The molecule has 0 atom stereocenters. The van der Waals surface area contributed by atoms with Gasteiger partial charge in [-0.1, -0.05) is 47.5 Å². The number of rotatable bonds is 4. The van der Waals surface area contributed by atoms with E-state index in [1.165, 1.54) is 16.0 Å². The quantitative estimate of drug-likeness (QED) is 0.839. The van der Waals surface area contributed by atoms with Crippen molar-refractivity contribution in [3.05, 3.63) is 64.2 Å². The SMILES string of the molecule is Cc1cccc(CSc2cc(Cl)ccc2CN)c1. The molecule has 2 aromatic rings. The van der Waals surface area contributed by atoms with Crippen LogP contribution in [0, 0.1) is 6.92 Å². The Morgan fingerprint density at radius 3 is 2.72 bits per heavy atom. The zero-order chi connectivity index (χ0) is 13.0. The van der Waals surface area contributed by atoms with Gasteiger partial charge in [-0.25, -0.2) is 0 Å². The molecule has 0 radical (unpaired) electrons. The number of thioether (sulfide) groups is 1. The van der Waals surface area contributed by atoms with E-state index in [0.717, 1.165) is 16.3 Å². The minimum atomic E-state index is 0.549. The van der Waals surface area contributed by atoms with Crippen molar-refractivity contribution < 1.29 is 0 Å². The first-order valence-corrected chi connectivity index (χ1v) is 7.22. The van der Waals surface area contributed by atoms with Gasteiger partial charge in [0.05, 0.1) is 0 Å². The molecule has 0 aliphatic rings. The molecular weight excluding hydrogens is 262 g/mol. The Labute approximate surface area is 117 Å². The maximum absolute atomic E-state index is 6.03. The molecule has 0 bridgehead atoms. The smallest absolute Gasteiger partial charge is 0.0417 e. The van der Waals surface area contributed by atoms with Crippen LogP contribution in [-0.4, -0.2) is 0 Å². The summed E-state index contributed by atoms with van der Waals surface area (Å²) in [7, 11) is 0. The van der Waals surface area contributed by atoms with Crippen LogP contribution in [0.5, 0.6) is 0 Å². The van der Waals surface area contributed by atoms with Crippen LogP contribution in [0.25, 0.3) is 0 Å². The van der Waals surface area contributed by atoms with Crippen molar-refractivity contribution in [3.63, 3.8) is 0 Å². The highest BCUT2D eigenvalue weighted by atomic mass is 35.5. The number of hydrogen-bond acceptors (Lipinski definition) is 2. The average Bonchev–Trinajstić information content (AvgIpc) is 2.37. The molecule has 0 saturated heterocycles. The third-order valence-electron chi connectivity index (χ3n) is 2.73. The molecule has 2 rings (SSSR count). The van der Waals surface area contributed by atoms with Crippen LogP contribution in [0.15, 0.2) is 47.4 Å². The maximum atomic E-state index is 6.03. The van der Waals surface area contributed by atoms with Crippen molar-refractivity contribution in [2.45, 2.75) is 24.1 Å². The van der Waals surface area contributed by atoms with Crippen molar-refractivity contribution in [2.24, 2.45) is 5.73 Å². The van der Waals surface area contributed by atoms with Gasteiger partial charge in [0, 0.05) is 22.2 Å². The minimum absolute atomic E-state index is 0.549. The lowest BCUT2D eigenvalue weighted by atomic mass is 10.2. The number of benzene rings is 2. The summed E-state index contributed by atoms with van der Waals surface area (Å²) in [6, 6.07) is 14.4. The van der Waals surface area contributed by atoms with E-state index in [2.05, 4.69) is 31.2 Å². The minimum Gasteiger partial charge on any atom is -0.326 e. The van der Waals surface area contributed by atoms with Crippen molar-refractivity contribution in [1.82, 2.24) is 0 Å². The number of nitrogens with two attached hydrogens (primary N) is 1. The van der Waals surface area contributed by atoms with Gasteiger partial charge in [-0.2, -0.15) is 0 Å². The van der Waals surface area contributed by atoms with Crippen LogP contribution in [0.4, 0.5) is 0 Å².